The first-order valence-electron chi connectivity index (χ1n) is 4.47. The van der Waals surface area contributed by atoms with Gasteiger partial charge in [0.1, 0.15) is 0 Å². The van der Waals surface area contributed by atoms with E-state index in [1.165, 1.54) is 19.2 Å². The van der Waals surface area contributed by atoms with Gasteiger partial charge < -0.3 is 15.6 Å². The summed E-state index contributed by atoms with van der Waals surface area (Å²) in [4.78, 5) is 10.9. The van der Waals surface area contributed by atoms with E-state index in [1.807, 2.05) is 0 Å². The van der Waals surface area contributed by atoms with Gasteiger partial charge in [0.25, 0.3) is 0 Å². The van der Waals surface area contributed by atoms with Crippen LogP contribution in [0, 0.1) is 5.82 Å². The molecule has 0 saturated heterocycles. The summed E-state index contributed by atoms with van der Waals surface area (Å²) in [7, 11) is 1.31. The number of ether oxygens (including phenoxy) is 1. The van der Waals surface area contributed by atoms with Crippen molar-refractivity contribution >= 4 is 21.9 Å². The second kappa shape index (κ2) is 5.27. The van der Waals surface area contributed by atoms with Gasteiger partial charge in [-0.2, -0.15) is 0 Å². The number of carbonyl (C=O) groups is 1. The Bertz CT molecular complexity index is 411. The highest BCUT2D eigenvalue weighted by atomic mass is 79.9. The first-order valence-corrected chi connectivity index (χ1v) is 5.26. The van der Waals surface area contributed by atoms with Crippen molar-refractivity contribution in [1.82, 2.24) is 0 Å². The third-order valence-electron chi connectivity index (χ3n) is 2.16. The maximum atomic E-state index is 13.8. The van der Waals surface area contributed by atoms with Crippen molar-refractivity contribution in [3.8, 4) is 5.75 Å². The molecule has 88 valence electrons. The number of methoxy groups -OCH3 is 1. The van der Waals surface area contributed by atoms with Crippen molar-refractivity contribution in [2.75, 3.05) is 13.7 Å². The summed E-state index contributed by atoms with van der Waals surface area (Å²) < 4.78 is 19.1. The van der Waals surface area contributed by atoms with Crippen molar-refractivity contribution in [2.24, 2.45) is 5.73 Å². The lowest BCUT2D eigenvalue weighted by Crippen LogP contribution is -2.22. The fourth-order valence-corrected chi connectivity index (χ4v) is 1.80. The maximum absolute atomic E-state index is 13.8. The van der Waals surface area contributed by atoms with E-state index >= 15 is 0 Å². The van der Waals surface area contributed by atoms with E-state index in [9.17, 15) is 9.18 Å². The van der Waals surface area contributed by atoms with E-state index < -0.39 is 17.7 Å². The lowest BCUT2D eigenvalue weighted by molar-refractivity contribution is -0.138. The van der Waals surface area contributed by atoms with Crippen molar-refractivity contribution in [1.29, 1.82) is 0 Å². The zero-order chi connectivity index (χ0) is 12.3. The number of carboxylic acids is 1. The average Bonchev–Trinajstić information content (AvgIpc) is 2.23. The van der Waals surface area contributed by atoms with Crippen LogP contribution in [0.5, 0.6) is 5.75 Å². The molecule has 0 radical (unpaired) electrons. The predicted octanol–water partition coefficient (Wildman–Crippen LogP) is 1.72. The Morgan fingerprint density at radius 1 is 1.69 bits per heavy atom. The molecule has 0 spiro atoms. The van der Waals surface area contributed by atoms with Crippen molar-refractivity contribution in [3.63, 3.8) is 0 Å². The summed E-state index contributed by atoms with van der Waals surface area (Å²) in [6, 6.07) is 2.82. The summed E-state index contributed by atoms with van der Waals surface area (Å²) >= 11 is 3.15. The van der Waals surface area contributed by atoms with Crippen molar-refractivity contribution in [2.45, 2.75) is 5.92 Å². The second-order valence-electron chi connectivity index (χ2n) is 3.14. The van der Waals surface area contributed by atoms with Crippen LogP contribution < -0.4 is 10.5 Å². The summed E-state index contributed by atoms with van der Waals surface area (Å²) in [5, 5.41) is 8.90. The molecule has 0 saturated carbocycles. The van der Waals surface area contributed by atoms with Crippen LogP contribution in [0.2, 0.25) is 0 Å². The number of benzene rings is 1. The average molecular weight is 292 g/mol. The molecule has 1 unspecified atom stereocenters. The number of hydrogen-bond donors (Lipinski definition) is 2. The molecule has 0 bridgehead atoms. The van der Waals surface area contributed by atoms with Crippen LogP contribution >= 0.6 is 15.9 Å². The van der Waals surface area contributed by atoms with Crippen LogP contribution in [-0.4, -0.2) is 24.7 Å². The van der Waals surface area contributed by atoms with Gasteiger partial charge in [0.05, 0.1) is 13.0 Å². The summed E-state index contributed by atoms with van der Waals surface area (Å²) in [6.07, 6.45) is 0. The highest BCUT2D eigenvalue weighted by Crippen LogP contribution is 2.30. The zero-order valence-electron chi connectivity index (χ0n) is 8.54. The Morgan fingerprint density at radius 3 is 2.75 bits per heavy atom. The van der Waals surface area contributed by atoms with Gasteiger partial charge in [0.2, 0.25) is 0 Å². The van der Waals surface area contributed by atoms with Gasteiger partial charge in [-0.05, 0) is 12.1 Å². The predicted molar refractivity (Wildman–Crippen MR) is 60.1 cm³/mol. The number of carboxylic acid groups (broad SMARTS) is 1. The van der Waals surface area contributed by atoms with E-state index in [0.29, 0.717) is 4.47 Å². The largest absolute Gasteiger partial charge is 0.494 e. The summed E-state index contributed by atoms with van der Waals surface area (Å²) in [5.41, 5.74) is 5.33. The minimum absolute atomic E-state index is 0.0101. The summed E-state index contributed by atoms with van der Waals surface area (Å²) in [5.74, 6) is -2.94. The fraction of sp³-hybridized carbons (Fsp3) is 0.300. The molecule has 0 heterocycles. The van der Waals surface area contributed by atoms with E-state index in [1.54, 1.807) is 0 Å². The van der Waals surface area contributed by atoms with E-state index in [-0.39, 0.29) is 17.9 Å². The summed E-state index contributed by atoms with van der Waals surface area (Å²) in [6.45, 7) is -0.175. The molecule has 0 aromatic heterocycles. The highest BCUT2D eigenvalue weighted by Gasteiger charge is 2.24. The molecule has 0 aliphatic rings. The highest BCUT2D eigenvalue weighted by molar-refractivity contribution is 9.10. The number of hydrogen-bond acceptors (Lipinski definition) is 3. The van der Waals surface area contributed by atoms with Gasteiger partial charge in [-0.25, -0.2) is 4.39 Å². The number of nitrogens with two attached hydrogens (primary N) is 1. The molecule has 0 aliphatic heterocycles. The molecule has 6 heteroatoms. The topological polar surface area (TPSA) is 72.5 Å². The van der Waals surface area contributed by atoms with E-state index in [4.69, 9.17) is 15.6 Å². The van der Waals surface area contributed by atoms with Gasteiger partial charge in [-0.15, -0.1) is 0 Å². The molecule has 0 fully saturated rings. The lowest BCUT2D eigenvalue weighted by Gasteiger charge is -2.13. The van der Waals surface area contributed by atoms with Crippen LogP contribution in [0.15, 0.2) is 16.6 Å². The molecule has 0 amide bonds. The standard InChI is InChI=1S/C10H11BrFNO3/c1-16-8-3-5(11)2-6(9(8)12)7(4-13)10(14)15/h2-3,7H,4,13H2,1H3,(H,14,15). The van der Waals surface area contributed by atoms with Crippen LogP contribution in [0.4, 0.5) is 4.39 Å². The monoisotopic (exact) mass is 291 g/mol. The Balaban J connectivity index is 3.31. The van der Waals surface area contributed by atoms with Crippen LogP contribution in [0.25, 0.3) is 0 Å². The first-order chi connectivity index (χ1) is 7.51. The van der Waals surface area contributed by atoms with Crippen molar-refractivity contribution < 1.29 is 19.0 Å². The quantitative estimate of drug-likeness (QED) is 0.886. The smallest absolute Gasteiger partial charge is 0.312 e. The van der Waals surface area contributed by atoms with Crippen LogP contribution in [0.1, 0.15) is 11.5 Å². The third-order valence-corrected chi connectivity index (χ3v) is 2.62. The fourth-order valence-electron chi connectivity index (χ4n) is 1.35. The van der Waals surface area contributed by atoms with Gasteiger partial charge in [0.15, 0.2) is 11.6 Å². The molecule has 1 rings (SSSR count). The van der Waals surface area contributed by atoms with Gasteiger partial charge in [-0.3, -0.25) is 4.79 Å². The molecular weight excluding hydrogens is 281 g/mol. The molecule has 1 aromatic carbocycles. The van der Waals surface area contributed by atoms with Gasteiger partial charge in [0, 0.05) is 16.6 Å². The SMILES string of the molecule is COc1cc(Br)cc(C(CN)C(=O)O)c1F. The van der Waals surface area contributed by atoms with E-state index in [0.717, 1.165) is 0 Å². The molecule has 1 aromatic rings. The van der Waals surface area contributed by atoms with Crippen molar-refractivity contribution in [3.05, 3.63) is 28.0 Å². The van der Waals surface area contributed by atoms with E-state index in [2.05, 4.69) is 15.9 Å². The Morgan fingerprint density at radius 2 is 2.31 bits per heavy atom. The first kappa shape index (κ1) is 12.9. The zero-order valence-corrected chi connectivity index (χ0v) is 10.1. The minimum atomic E-state index is -1.17. The third kappa shape index (κ3) is 2.51. The lowest BCUT2D eigenvalue weighted by atomic mass is 9.98. The number of rotatable bonds is 4. The Kier molecular flexibility index (Phi) is 4.26. The molecule has 1 atom stereocenters. The van der Waals surface area contributed by atoms with Crippen LogP contribution in [-0.2, 0) is 4.79 Å². The molecule has 16 heavy (non-hydrogen) atoms. The molecule has 3 N–H and O–H groups in total. The molecular formula is C10H11BrFNO3. The maximum Gasteiger partial charge on any atom is 0.312 e. The van der Waals surface area contributed by atoms with Gasteiger partial charge >= 0.3 is 5.97 Å². The normalized spacial score (nSPS) is 12.2. The molecule has 4 nitrogen and oxygen atoms in total. The number of aliphatic carboxylic acids is 1. The Labute approximate surface area is 100 Å². The molecule has 0 aliphatic carbocycles. The number of halogens is 2. The minimum Gasteiger partial charge on any atom is -0.494 e. The Hall–Kier alpha value is -1.14. The van der Waals surface area contributed by atoms with Crippen LogP contribution in [0.3, 0.4) is 0 Å². The second-order valence-corrected chi connectivity index (χ2v) is 4.05. The van der Waals surface area contributed by atoms with Gasteiger partial charge in [-0.1, -0.05) is 15.9 Å².